The molecule has 0 aromatic heterocycles. The van der Waals surface area contributed by atoms with E-state index in [1.807, 2.05) is 0 Å². The number of nitrogens with one attached hydrogen (secondary N) is 1. The molecule has 2 aliphatic rings. The van der Waals surface area contributed by atoms with Gasteiger partial charge in [0.2, 0.25) is 10.0 Å². The monoisotopic (exact) mass is 288 g/mol. The van der Waals surface area contributed by atoms with Crippen LogP contribution in [0.25, 0.3) is 0 Å². The zero-order valence-corrected chi connectivity index (χ0v) is 13.1. The van der Waals surface area contributed by atoms with E-state index in [0.29, 0.717) is 17.7 Å². The lowest BCUT2D eigenvalue weighted by atomic mass is 10.0. The van der Waals surface area contributed by atoms with Crippen molar-refractivity contribution in [2.24, 2.45) is 5.92 Å². The van der Waals surface area contributed by atoms with Crippen molar-refractivity contribution in [1.29, 1.82) is 0 Å². The lowest BCUT2D eigenvalue weighted by molar-refractivity contribution is 0.313. The summed E-state index contributed by atoms with van der Waals surface area (Å²) >= 11 is 0. The van der Waals surface area contributed by atoms with Crippen molar-refractivity contribution >= 4 is 10.0 Å². The van der Waals surface area contributed by atoms with Crippen LogP contribution in [-0.4, -0.2) is 43.6 Å². The second kappa shape index (κ2) is 6.55. The Kier molecular flexibility index (Phi) is 5.26. The summed E-state index contributed by atoms with van der Waals surface area (Å²) in [6.45, 7) is 6.02. The highest BCUT2D eigenvalue weighted by Crippen LogP contribution is 2.27. The second-order valence-corrected chi connectivity index (χ2v) is 8.36. The first kappa shape index (κ1) is 15.3. The summed E-state index contributed by atoms with van der Waals surface area (Å²) in [4.78, 5) is 0. The summed E-state index contributed by atoms with van der Waals surface area (Å²) in [5.41, 5.74) is 0. The van der Waals surface area contributed by atoms with Gasteiger partial charge in [-0.1, -0.05) is 20.3 Å². The van der Waals surface area contributed by atoms with Gasteiger partial charge in [0, 0.05) is 18.6 Å². The van der Waals surface area contributed by atoms with Crippen LogP contribution in [0.3, 0.4) is 0 Å². The van der Waals surface area contributed by atoms with E-state index in [2.05, 4.69) is 19.2 Å². The zero-order chi connectivity index (χ0) is 13.9. The van der Waals surface area contributed by atoms with Crippen molar-refractivity contribution in [3.05, 3.63) is 0 Å². The van der Waals surface area contributed by atoms with Crippen molar-refractivity contribution in [1.82, 2.24) is 9.62 Å². The van der Waals surface area contributed by atoms with E-state index in [4.69, 9.17) is 0 Å². The minimum atomic E-state index is -3.06. The fraction of sp³-hybridized carbons (Fsp3) is 1.00. The topological polar surface area (TPSA) is 49.4 Å². The number of hydrogen-bond donors (Lipinski definition) is 1. The molecule has 112 valence electrons. The van der Waals surface area contributed by atoms with Gasteiger partial charge < -0.3 is 5.32 Å². The van der Waals surface area contributed by atoms with Crippen LogP contribution in [0, 0.1) is 5.92 Å². The molecule has 0 aliphatic carbocycles. The van der Waals surface area contributed by atoms with Gasteiger partial charge in [0.1, 0.15) is 0 Å². The average Bonchev–Trinajstić information content (AvgIpc) is 2.88. The third kappa shape index (κ3) is 3.92. The van der Waals surface area contributed by atoms with Crippen molar-refractivity contribution < 1.29 is 8.42 Å². The third-order valence-corrected chi connectivity index (χ3v) is 6.43. The molecule has 0 bridgehead atoms. The van der Waals surface area contributed by atoms with Crippen molar-refractivity contribution in [2.75, 3.05) is 18.8 Å². The quantitative estimate of drug-likeness (QED) is 0.841. The molecule has 2 aliphatic heterocycles. The van der Waals surface area contributed by atoms with Gasteiger partial charge in [-0.2, -0.15) is 4.31 Å². The van der Waals surface area contributed by atoms with E-state index in [0.717, 1.165) is 38.8 Å². The Balaban J connectivity index is 1.90. The largest absolute Gasteiger partial charge is 0.314 e. The van der Waals surface area contributed by atoms with Gasteiger partial charge in [-0.25, -0.2) is 8.42 Å². The molecule has 2 atom stereocenters. The second-order valence-electron chi connectivity index (χ2n) is 6.32. The smallest absolute Gasteiger partial charge is 0.214 e. The standard InChI is InChI=1S/C14H28N2O2S/c1-12(2)14-7-5-10-16(14)19(17,18)11-8-13-6-3-4-9-15-13/h12-15H,3-11H2,1-2H3. The number of rotatable bonds is 5. The van der Waals surface area contributed by atoms with Crippen LogP contribution in [0.1, 0.15) is 52.4 Å². The molecule has 2 fully saturated rings. The molecule has 0 spiro atoms. The lowest BCUT2D eigenvalue weighted by Crippen LogP contribution is -2.42. The molecule has 2 unspecified atom stereocenters. The molecule has 0 aromatic carbocycles. The summed E-state index contributed by atoms with van der Waals surface area (Å²) in [5, 5.41) is 3.43. The van der Waals surface area contributed by atoms with Crippen LogP contribution >= 0.6 is 0 Å². The lowest BCUT2D eigenvalue weighted by Gasteiger charge is -2.28. The Morgan fingerprint density at radius 3 is 2.63 bits per heavy atom. The number of sulfonamides is 1. The molecule has 0 amide bonds. The van der Waals surface area contributed by atoms with Gasteiger partial charge >= 0.3 is 0 Å². The zero-order valence-electron chi connectivity index (χ0n) is 12.3. The van der Waals surface area contributed by atoms with Gasteiger partial charge in [0.05, 0.1) is 5.75 Å². The normalized spacial score (nSPS) is 30.1. The highest BCUT2D eigenvalue weighted by atomic mass is 32.2. The predicted molar refractivity (Wildman–Crippen MR) is 78.6 cm³/mol. The molecule has 4 nitrogen and oxygen atoms in total. The molecule has 1 N–H and O–H groups in total. The molecular weight excluding hydrogens is 260 g/mol. The van der Waals surface area contributed by atoms with E-state index in [9.17, 15) is 8.42 Å². The van der Waals surface area contributed by atoms with Gasteiger partial charge in [0.15, 0.2) is 0 Å². The van der Waals surface area contributed by atoms with Crippen LogP contribution in [0.2, 0.25) is 0 Å². The van der Waals surface area contributed by atoms with E-state index < -0.39 is 10.0 Å². The van der Waals surface area contributed by atoms with Crippen LogP contribution < -0.4 is 5.32 Å². The number of nitrogens with zero attached hydrogens (tertiary/aromatic N) is 1. The molecule has 5 heteroatoms. The van der Waals surface area contributed by atoms with Crippen LogP contribution in [0.5, 0.6) is 0 Å². The fourth-order valence-electron chi connectivity index (χ4n) is 3.36. The van der Waals surface area contributed by atoms with Crippen molar-refractivity contribution in [3.8, 4) is 0 Å². The Labute approximate surface area is 118 Å². The summed E-state index contributed by atoms with van der Waals surface area (Å²) < 4.78 is 26.8. The van der Waals surface area contributed by atoms with Gasteiger partial charge in [-0.3, -0.25) is 0 Å². The van der Waals surface area contributed by atoms with E-state index in [1.165, 1.54) is 12.8 Å². The molecular formula is C14H28N2O2S. The summed E-state index contributed by atoms with van der Waals surface area (Å²) in [6.07, 6.45) is 6.40. The third-order valence-electron chi connectivity index (χ3n) is 4.51. The van der Waals surface area contributed by atoms with Crippen LogP contribution in [0.15, 0.2) is 0 Å². The highest BCUT2D eigenvalue weighted by Gasteiger charge is 2.35. The molecule has 19 heavy (non-hydrogen) atoms. The fourth-order valence-corrected chi connectivity index (χ4v) is 5.34. The average molecular weight is 288 g/mol. The molecule has 2 saturated heterocycles. The minimum absolute atomic E-state index is 0.226. The first-order chi connectivity index (χ1) is 9.00. The van der Waals surface area contributed by atoms with Crippen molar-refractivity contribution in [3.63, 3.8) is 0 Å². The Morgan fingerprint density at radius 1 is 1.21 bits per heavy atom. The first-order valence-corrected chi connectivity index (χ1v) is 9.34. The number of piperidine rings is 1. The molecule has 0 aromatic rings. The maximum atomic E-state index is 12.5. The van der Waals surface area contributed by atoms with E-state index >= 15 is 0 Å². The first-order valence-electron chi connectivity index (χ1n) is 7.73. The highest BCUT2D eigenvalue weighted by molar-refractivity contribution is 7.89. The van der Waals surface area contributed by atoms with Crippen LogP contribution in [0.4, 0.5) is 0 Å². The Hall–Kier alpha value is -0.130. The van der Waals surface area contributed by atoms with Gasteiger partial charge in [-0.05, 0) is 44.6 Å². The van der Waals surface area contributed by atoms with E-state index in [1.54, 1.807) is 4.31 Å². The number of hydrogen-bond acceptors (Lipinski definition) is 3. The summed E-state index contributed by atoms with van der Waals surface area (Å²) in [7, 11) is -3.06. The molecule has 0 radical (unpaired) electrons. The Morgan fingerprint density at radius 2 is 2.00 bits per heavy atom. The van der Waals surface area contributed by atoms with Gasteiger partial charge in [0.25, 0.3) is 0 Å². The Bertz CT molecular complexity index is 375. The minimum Gasteiger partial charge on any atom is -0.314 e. The van der Waals surface area contributed by atoms with Crippen molar-refractivity contribution in [2.45, 2.75) is 64.5 Å². The van der Waals surface area contributed by atoms with E-state index in [-0.39, 0.29) is 6.04 Å². The maximum Gasteiger partial charge on any atom is 0.214 e. The maximum absolute atomic E-state index is 12.5. The SMILES string of the molecule is CC(C)C1CCCN1S(=O)(=O)CCC1CCCCN1. The van der Waals surface area contributed by atoms with Crippen LogP contribution in [-0.2, 0) is 10.0 Å². The van der Waals surface area contributed by atoms with Gasteiger partial charge in [-0.15, -0.1) is 0 Å². The molecule has 0 saturated carbocycles. The summed E-state index contributed by atoms with van der Waals surface area (Å²) in [5.74, 6) is 0.735. The molecule has 2 rings (SSSR count). The predicted octanol–water partition coefficient (Wildman–Crippen LogP) is 1.97. The molecule has 2 heterocycles. The summed E-state index contributed by atoms with van der Waals surface area (Å²) in [6, 6.07) is 0.632.